The topological polar surface area (TPSA) is 65.1 Å². The van der Waals surface area contributed by atoms with Gasteiger partial charge in [0.2, 0.25) is 0 Å². The van der Waals surface area contributed by atoms with Gasteiger partial charge in [-0.1, -0.05) is 0 Å². The highest BCUT2D eigenvalue weighted by Crippen LogP contribution is 2.28. The van der Waals surface area contributed by atoms with Crippen molar-refractivity contribution in [3.63, 3.8) is 0 Å². The fourth-order valence-corrected chi connectivity index (χ4v) is 1.94. The Bertz CT molecular complexity index is 497. The van der Waals surface area contributed by atoms with Gasteiger partial charge in [-0.15, -0.1) is 0 Å². The number of benzene rings is 1. The average Bonchev–Trinajstić information content (AvgIpc) is 2.52. The fourth-order valence-electron chi connectivity index (χ4n) is 1.94. The summed E-state index contributed by atoms with van der Waals surface area (Å²) in [5.41, 5.74) is 0.462. The van der Waals surface area contributed by atoms with Crippen LogP contribution in [0.25, 0.3) is 0 Å². The van der Waals surface area contributed by atoms with Crippen LogP contribution in [0, 0.1) is 0 Å². The average molecular weight is 295 g/mol. The maximum absolute atomic E-state index is 12.5. The van der Waals surface area contributed by atoms with Crippen LogP contribution in [0.5, 0.6) is 11.5 Å². The summed E-state index contributed by atoms with van der Waals surface area (Å²) in [5, 5.41) is 0. The predicted octanol–water partition coefficient (Wildman–Crippen LogP) is 1.97. The van der Waals surface area contributed by atoms with E-state index in [-0.39, 0.29) is 29.6 Å². The first-order valence-corrected chi connectivity index (χ1v) is 6.71. The van der Waals surface area contributed by atoms with Crippen molar-refractivity contribution in [1.29, 1.82) is 0 Å². The normalized spacial score (nSPS) is 10.1. The third-order valence-corrected chi connectivity index (χ3v) is 3.08. The number of rotatable bonds is 8. The lowest BCUT2D eigenvalue weighted by molar-refractivity contribution is 0.0501. The van der Waals surface area contributed by atoms with Crippen molar-refractivity contribution in [2.75, 3.05) is 34.1 Å². The van der Waals surface area contributed by atoms with Gasteiger partial charge >= 0.3 is 0 Å². The van der Waals surface area contributed by atoms with E-state index in [0.717, 1.165) is 0 Å². The number of nitrogens with zero attached hydrogens (tertiary/aromatic N) is 1. The molecule has 0 aromatic heterocycles. The zero-order valence-corrected chi connectivity index (χ0v) is 12.8. The van der Waals surface area contributed by atoms with Crippen LogP contribution in [-0.4, -0.2) is 51.2 Å². The van der Waals surface area contributed by atoms with Crippen molar-refractivity contribution in [2.24, 2.45) is 0 Å². The second kappa shape index (κ2) is 8.26. The molecule has 0 unspecified atom stereocenters. The number of carbonyl (C=O) groups excluding carboxylic acids is 2. The maximum atomic E-state index is 12.5. The molecule has 1 aromatic carbocycles. The Balaban J connectivity index is 3.33. The second-order valence-electron chi connectivity index (χ2n) is 4.23. The summed E-state index contributed by atoms with van der Waals surface area (Å²) >= 11 is 0. The Labute approximate surface area is 124 Å². The Morgan fingerprint density at radius 1 is 1.24 bits per heavy atom. The highest BCUT2D eigenvalue weighted by Gasteiger charge is 2.21. The molecule has 1 amide bonds. The molecule has 116 valence electrons. The van der Waals surface area contributed by atoms with E-state index >= 15 is 0 Å². The van der Waals surface area contributed by atoms with Crippen LogP contribution in [0.2, 0.25) is 0 Å². The number of ether oxygens (including phenoxy) is 3. The summed E-state index contributed by atoms with van der Waals surface area (Å²) in [7, 11) is 2.96. The van der Waals surface area contributed by atoms with Gasteiger partial charge in [0.15, 0.2) is 13.1 Å². The van der Waals surface area contributed by atoms with E-state index in [0.29, 0.717) is 25.1 Å². The van der Waals surface area contributed by atoms with Crippen molar-refractivity contribution in [3.8, 4) is 11.5 Å². The SMILES string of the molecule is CCN(CC)C(=O)c1cc(OC)cc(OCOC)c1C=O. The Morgan fingerprint density at radius 2 is 1.90 bits per heavy atom. The van der Waals surface area contributed by atoms with Gasteiger partial charge in [-0.3, -0.25) is 9.59 Å². The van der Waals surface area contributed by atoms with Gasteiger partial charge in [-0.25, -0.2) is 0 Å². The van der Waals surface area contributed by atoms with Gasteiger partial charge in [0, 0.05) is 26.3 Å². The molecule has 0 aliphatic rings. The Kier molecular flexibility index (Phi) is 6.68. The third-order valence-electron chi connectivity index (χ3n) is 3.08. The first-order chi connectivity index (χ1) is 10.1. The molecule has 0 spiro atoms. The summed E-state index contributed by atoms with van der Waals surface area (Å²) in [5.74, 6) is 0.479. The monoisotopic (exact) mass is 295 g/mol. The van der Waals surface area contributed by atoms with E-state index < -0.39 is 0 Å². The number of aldehydes is 1. The number of carbonyl (C=O) groups is 2. The molecule has 0 radical (unpaired) electrons. The largest absolute Gasteiger partial charge is 0.497 e. The van der Waals surface area contributed by atoms with Crippen molar-refractivity contribution in [1.82, 2.24) is 4.90 Å². The molecule has 1 rings (SSSR count). The van der Waals surface area contributed by atoms with E-state index in [4.69, 9.17) is 14.2 Å². The molecule has 0 heterocycles. The highest BCUT2D eigenvalue weighted by atomic mass is 16.7. The van der Waals surface area contributed by atoms with Gasteiger partial charge in [-0.05, 0) is 19.9 Å². The lowest BCUT2D eigenvalue weighted by Gasteiger charge is -2.21. The number of hydrogen-bond acceptors (Lipinski definition) is 5. The molecule has 0 saturated carbocycles. The highest BCUT2D eigenvalue weighted by molar-refractivity contribution is 6.03. The molecule has 0 bridgehead atoms. The van der Waals surface area contributed by atoms with Crippen molar-refractivity contribution in [3.05, 3.63) is 23.3 Å². The van der Waals surface area contributed by atoms with E-state index in [9.17, 15) is 9.59 Å². The molecule has 1 aromatic rings. The molecular formula is C15H21NO5. The molecule has 6 nitrogen and oxygen atoms in total. The molecule has 0 N–H and O–H groups in total. The Hall–Kier alpha value is -2.08. The maximum Gasteiger partial charge on any atom is 0.254 e. The van der Waals surface area contributed by atoms with Gasteiger partial charge in [0.25, 0.3) is 5.91 Å². The first kappa shape index (κ1) is 17.0. The second-order valence-corrected chi connectivity index (χ2v) is 4.23. The van der Waals surface area contributed by atoms with Gasteiger partial charge < -0.3 is 19.1 Å². The van der Waals surface area contributed by atoms with Crippen LogP contribution < -0.4 is 9.47 Å². The zero-order valence-electron chi connectivity index (χ0n) is 12.8. The quantitative estimate of drug-likeness (QED) is 0.542. The minimum Gasteiger partial charge on any atom is -0.497 e. The van der Waals surface area contributed by atoms with E-state index in [1.54, 1.807) is 17.0 Å². The Morgan fingerprint density at radius 3 is 2.38 bits per heavy atom. The number of methoxy groups -OCH3 is 2. The van der Waals surface area contributed by atoms with Crippen molar-refractivity contribution < 1.29 is 23.8 Å². The van der Waals surface area contributed by atoms with Crippen LogP contribution in [-0.2, 0) is 4.74 Å². The summed E-state index contributed by atoms with van der Waals surface area (Å²) in [4.78, 5) is 25.5. The minimum atomic E-state index is -0.233. The summed E-state index contributed by atoms with van der Waals surface area (Å²) in [6, 6.07) is 3.10. The molecular weight excluding hydrogens is 274 g/mol. The molecule has 21 heavy (non-hydrogen) atoms. The molecule has 0 fully saturated rings. The molecule has 0 saturated heterocycles. The van der Waals surface area contributed by atoms with Crippen LogP contribution in [0.3, 0.4) is 0 Å². The van der Waals surface area contributed by atoms with E-state index in [2.05, 4.69) is 0 Å². The number of hydrogen-bond donors (Lipinski definition) is 0. The summed E-state index contributed by atoms with van der Waals surface area (Å²) in [6.45, 7) is 4.85. The van der Waals surface area contributed by atoms with Crippen molar-refractivity contribution in [2.45, 2.75) is 13.8 Å². The smallest absolute Gasteiger partial charge is 0.254 e. The molecule has 0 aliphatic heterocycles. The van der Waals surface area contributed by atoms with E-state index in [1.165, 1.54) is 14.2 Å². The molecule has 6 heteroatoms. The third kappa shape index (κ3) is 3.95. The fraction of sp³-hybridized carbons (Fsp3) is 0.467. The molecule has 0 aliphatic carbocycles. The van der Waals surface area contributed by atoms with Crippen LogP contribution in [0.4, 0.5) is 0 Å². The lowest BCUT2D eigenvalue weighted by atomic mass is 10.1. The first-order valence-electron chi connectivity index (χ1n) is 6.71. The lowest BCUT2D eigenvalue weighted by Crippen LogP contribution is -2.31. The van der Waals surface area contributed by atoms with Crippen LogP contribution >= 0.6 is 0 Å². The summed E-state index contributed by atoms with van der Waals surface area (Å²) < 4.78 is 15.4. The van der Waals surface area contributed by atoms with Gasteiger partial charge in [-0.2, -0.15) is 0 Å². The predicted molar refractivity (Wildman–Crippen MR) is 78.1 cm³/mol. The zero-order chi connectivity index (χ0) is 15.8. The van der Waals surface area contributed by atoms with Gasteiger partial charge in [0.1, 0.15) is 11.5 Å². The van der Waals surface area contributed by atoms with Crippen molar-refractivity contribution >= 4 is 12.2 Å². The van der Waals surface area contributed by atoms with Crippen LogP contribution in [0.15, 0.2) is 12.1 Å². The van der Waals surface area contributed by atoms with E-state index in [1.807, 2.05) is 13.8 Å². The molecule has 0 atom stereocenters. The minimum absolute atomic E-state index is 0.0209. The number of amides is 1. The standard InChI is InChI=1S/C15H21NO5/c1-5-16(6-2)15(18)12-7-11(20-4)8-14(13(12)9-17)21-10-19-3/h7-9H,5-6,10H2,1-4H3. The van der Waals surface area contributed by atoms with Crippen LogP contribution in [0.1, 0.15) is 34.6 Å². The summed E-state index contributed by atoms with van der Waals surface area (Å²) in [6.07, 6.45) is 0.612. The van der Waals surface area contributed by atoms with Gasteiger partial charge in [0.05, 0.1) is 18.2 Å².